The number of benzene rings is 1. The lowest BCUT2D eigenvalue weighted by Crippen LogP contribution is -1.99. The van der Waals surface area contributed by atoms with Gasteiger partial charge in [-0.3, -0.25) is 9.67 Å². The van der Waals surface area contributed by atoms with E-state index in [1.54, 1.807) is 0 Å². The first kappa shape index (κ1) is 13.8. The SMILES string of the molecule is CCn1nc(C)c(-c2ccncc2)c1-c1ccc(Cl)cc1. The fourth-order valence-corrected chi connectivity index (χ4v) is 2.70. The Morgan fingerprint density at radius 2 is 1.67 bits per heavy atom. The molecule has 0 unspecified atom stereocenters. The van der Waals surface area contributed by atoms with Crippen molar-refractivity contribution in [1.82, 2.24) is 14.8 Å². The molecule has 0 amide bonds. The van der Waals surface area contributed by atoms with Gasteiger partial charge >= 0.3 is 0 Å². The van der Waals surface area contributed by atoms with E-state index in [2.05, 4.69) is 17.0 Å². The second-order valence-electron chi connectivity index (χ2n) is 4.87. The highest BCUT2D eigenvalue weighted by atomic mass is 35.5. The summed E-state index contributed by atoms with van der Waals surface area (Å²) in [4.78, 5) is 4.10. The molecule has 4 heteroatoms. The van der Waals surface area contributed by atoms with Crippen LogP contribution in [0.1, 0.15) is 12.6 Å². The minimum absolute atomic E-state index is 0.739. The molecule has 3 aromatic rings. The lowest BCUT2D eigenvalue weighted by Gasteiger charge is -2.09. The van der Waals surface area contributed by atoms with Crippen LogP contribution in [0, 0.1) is 6.92 Å². The highest BCUT2D eigenvalue weighted by Crippen LogP contribution is 2.35. The molecule has 0 aliphatic heterocycles. The molecule has 3 rings (SSSR count). The molecule has 0 aliphatic rings. The standard InChI is InChI=1S/C17H16ClN3/c1-3-21-17(14-4-6-15(18)7-5-14)16(12(2)20-21)13-8-10-19-11-9-13/h4-11H,3H2,1-2H3. The third-order valence-corrected chi connectivity index (χ3v) is 3.77. The summed E-state index contributed by atoms with van der Waals surface area (Å²) < 4.78 is 2.04. The second kappa shape index (κ2) is 5.70. The third kappa shape index (κ3) is 2.57. The third-order valence-electron chi connectivity index (χ3n) is 3.51. The Hall–Kier alpha value is -2.13. The van der Waals surface area contributed by atoms with E-state index in [9.17, 15) is 0 Å². The van der Waals surface area contributed by atoms with Gasteiger partial charge in [0.2, 0.25) is 0 Å². The van der Waals surface area contributed by atoms with Gasteiger partial charge in [0.25, 0.3) is 0 Å². The Kier molecular flexibility index (Phi) is 3.76. The smallest absolute Gasteiger partial charge is 0.0763 e. The van der Waals surface area contributed by atoms with E-state index in [0.29, 0.717) is 0 Å². The van der Waals surface area contributed by atoms with E-state index in [1.807, 2.05) is 60.4 Å². The summed E-state index contributed by atoms with van der Waals surface area (Å²) in [6.07, 6.45) is 3.62. The molecular formula is C17H16ClN3. The zero-order chi connectivity index (χ0) is 14.8. The molecule has 3 nitrogen and oxygen atoms in total. The van der Waals surface area contributed by atoms with Gasteiger partial charge in [-0.15, -0.1) is 0 Å². The normalized spacial score (nSPS) is 10.8. The van der Waals surface area contributed by atoms with Gasteiger partial charge in [-0.05, 0) is 43.7 Å². The maximum Gasteiger partial charge on any atom is 0.0763 e. The number of nitrogens with zero attached hydrogens (tertiary/aromatic N) is 3. The van der Waals surface area contributed by atoms with Crippen LogP contribution >= 0.6 is 11.6 Å². The molecular weight excluding hydrogens is 282 g/mol. The number of rotatable bonds is 3. The zero-order valence-corrected chi connectivity index (χ0v) is 12.8. The predicted octanol–water partition coefficient (Wildman–Crippen LogP) is 4.59. The Morgan fingerprint density at radius 3 is 2.29 bits per heavy atom. The second-order valence-corrected chi connectivity index (χ2v) is 5.30. The Morgan fingerprint density at radius 1 is 1.00 bits per heavy atom. The van der Waals surface area contributed by atoms with Crippen molar-refractivity contribution in [3.63, 3.8) is 0 Å². The van der Waals surface area contributed by atoms with E-state index in [0.717, 1.165) is 39.6 Å². The van der Waals surface area contributed by atoms with Crippen molar-refractivity contribution in [2.45, 2.75) is 20.4 Å². The summed E-state index contributed by atoms with van der Waals surface area (Å²) in [7, 11) is 0. The maximum atomic E-state index is 6.00. The van der Waals surface area contributed by atoms with E-state index < -0.39 is 0 Å². The Balaban J connectivity index is 2.25. The van der Waals surface area contributed by atoms with Gasteiger partial charge in [-0.25, -0.2) is 0 Å². The molecule has 0 N–H and O–H groups in total. The van der Waals surface area contributed by atoms with Crippen molar-refractivity contribution >= 4 is 11.6 Å². The number of halogens is 1. The minimum atomic E-state index is 0.739. The number of aromatic nitrogens is 3. The monoisotopic (exact) mass is 297 g/mol. The summed E-state index contributed by atoms with van der Waals surface area (Å²) in [6.45, 7) is 4.97. The number of aryl methyl sites for hydroxylation is 2. The van der Waals surface area contributed by atoms with E-state index in [-0.39, 0.29) is 0 Å². The molecule has 0 fully saturated rings. The van der Waals surface area contributed by atoms with Gasteiger partial charge in [0, 0.05) is 35.1 Å². The lowest BCUT2D eigenvalue weighted by atomic mass is 10.00. The molecule has 0 spiro atoms. The molecule has 0 atom stereocenters. The van der Waals surface area contributed by atoms with Gasteiger partial charge in [0.05, 0.1) is 11.4 Å². The lowest BCUT2D eigenvalue weighted by molar-refractivity contribution is 0.660. The predicted molar refractivity (Wildman–Crippen MR) is 86.3 cm³/mol. The van der Waals surface area contributed by atoms with Gasteiger partial charge in [0.1, 0.15) is 0 Å². The highest BCUT2D eigenvalue weighted by Gasteiger charge is 2.17. The molecule has 0 saturated carbocycles. The average Bonchev–Trinajstić information content (AvgIpc) is 2.85. The maximum absolute atomic E-state index is 6.00. The van der Waals surface area contributed by atoms with Crippen molar-refractivity contribution in [2.24, 2.45) is 0 Å². The van der Waals surface area contributed by atoms with E-state index >= 15 is 0 Å². The molecule has 0 radical (unpaired) electrons. The van der Waals surface area contributed by atoms with Crippen LogP contribution in [0.3, 0.4) is 0 Å². The van der Waals surface area contributed by atoms with E-state index in [1.165, 1.54) is 0 Å². The molecule has 0 bridgehead atoms. The van der Waals surface area contributed by atoms with Crippen LogP contribution in [0.25, 0.3) is 22.4 Å². The summed E-state index contributed by atoms with van der Waals surface area (Å²) in [5, 5.41) is 5.41. The molecule has 0 aliphatic carbocycles. The summed E-state index contributed by atoms with van der Waals surface area (Å²) in [5.41, 5.74) is 5.55. The van der Waals surface area contributed by atoms with Gasteiger partial charge < -0.3 is 0 Å². The fourth-order valence-electron chi connectivity index (χ4n) is 2.58. The van der Waals surface area contributed by atoms with Crippen LogP contribution in [0.2, 0.25) is 5.02 Å². The number of hydrogen-bond acceptors (Lipinski definition) is 2. The molecule has 21 heavy (non-hydrogen) atoms. The first-order valence-electron chi connectivity index (χ1n) is 6.94. The van der Waals surface area contributed by atoms with Crippen LogP contribution in [0.15, 0.2) is 48.8 Å². The van der Waals surface area contributed by atoms with Crippen molar-refractivity contribution in [1.29, 1.82) is 0 Å². The van der Waals surface area contributed by atoms with Crippen molar-refractivity contribution in [3.8, 4) is 22.4 Å². The van der Waals surface area contributed by atoms with Crippen molar-refractivity contribution in [2.75, 3.05) is 0 Å². The number of pyridine rings is 1. The molecule has 106 valence electrons. The van der Waals surface area contributed by atoms with Crippen LogP contribution in [0.5, 0.6) is 0 Å². The molecule has 1 aromatic carbocycles. The highest BCUT2D eigenvalue weighted by molar-refractivity contribution is 6.30. The average molecular weight is 298 g/mol. The topological polar surface area (TPSA) is 30.7 Å². The summed E-state index contributed by atoms with van der Waals surface area (Å²) in [5.74, 6) is 0. The summed E-state index contributed by atoms with van der Waals surface area (Å²) >= 11 is 6.00. The molecule has 2 aromatic heterocycles. The van der Waals surface area contributed by atoms with Crippen LogP contribution in [-0.2, 0) is 6.54 Å². The Labute approximate surface area is 129 Å². The van der Waals surface area contributed by atoms with Crippen molar-refractivity contribution in [3.05, 3.63) is 59.5 Å². The largest absolute Gasteiger partial charge is 0.265 e. The quantitative estimate of drug-likeness (QED) is 0.707. The zero-order valence-electron chi connectivity index (χ0n) is 12.0. The Bertz CT molecular complexity index is 746. The van der Waals surface area contributed by atoms with Gasteiger partial charge in [-0.2, -0.15) is 5.10 Å². The van der Waals surface area contributed by atoms with Crippen molar-refractivity contribution < 1.29 is 0 Å². The van der Waals surface area contributed by atoms with Gasteiger partial charge in [-0.1, -0.05) is 23.7 Å². The first-order valence-corrected chi connectivity index (χ1v) is 7.32. The van der Waals surface area contributed by atoms with Crippen LogP contribution < -0.4 is 0 Å². The van der Waals surface area contributed by atoms with Crippen LogP contribution in [0.4, 0.5) is 0 Å². The first-order chi connectivity index (χ1) is 10.2. The van der Waals surface area contributed by atoms with E-state index in [4.69, 9.17) is 11.6 Å². The van der Waals surface area contributed by atoms with Crippen LogP contribution in [-0.4, -0.2) is 14.8 Å². The minimum Gasteiger partial charge on any atom is -0.265 e. The summed E-state index contributed by atoms with van der Waals surface area (Å²) in [6, 6.07) is 11.9. The molecule has 2 heterocycles. The molecule has 0 saturated heterocycles. The fraction of sp³-hybridized carbons (Fsp3) is 0.176. The van der Waals surface area contributed by atoms with Gasteiger partial charge in [0.15, 0.2) is 0 Å². The number of hydrogen-bond donors (Lipinski definition) is 0.